The third kappa shape index (κ3) is 2.72. The van der Waals surface area contributed by atoms with E-state index in [-0.39, 0.29) is 22.3 Å². The van der Waals surface area contributed by atoms with Crippen molar-refractivity contribution in [1.29, 1.82) is 0 Å². The molecule has 2 rings (SSSR count). The van der Waals surface area contributed by atoms with Crippen molar-refractivity contribution < 1.29 is 4.79 Å². The van der Waals surface area contributed by atoms with Gasteiger partial charge in [-0.1, -0.05) is 11.6 Å². The number of hydrogen-bond donors (Lipinski definition) is 2. The minimum absolute atomic E-state index is 0.245. The molecule has 7 heteroatoms. The maximum absolute atomic E-state index is 11.9. The van der Waals surface area contributed by atoms with Crippen LogP contribution in [-0.4, -0.2) is 15.9 Å². The Bertz CT molecular complexity index is 569. The van der Waals surface area contributed by atoms with Gasteiger partial charge in [0.05, 0.1) is 16.3 Å². The monoisotopic (exact) mass is 268 g/mol. The molecule has 0 atom stereocenters. The van der Waals surface area contributed by atoms with Gasteiger partial charge < -0.3 is 5.73 Å². The molecule has 1 amide bonds. The zero-order valence-corrected chi connectivity index (χ0v) is 10.5. The first-order valence-electron chi connectivity index (χ1n) is 4.71. The van der Waals surface area contributed by atoms with Gasteiger partial charge in [-0.25, -0.2) is 9.97 Å². The van der Waals surface area contributed by atoms with Gasteiger partial charge in [0.2, 0.25) is 0 Å². The normalized spacial score (nSPS) is 10.2. The molecule has 0 aliphatic carbocycles. The zero-order chi connectivity index (χ0) is 12.4. The van der Waals surface area contributed by atoms with Crippen molar-refractivity contribution in [3.8, 4) is 0 Å². The van der Waals surface area contributed by atoms with Crippen LogP contribution >= 0.6 is 22.9 Å². The molecule has 0 bridgehead atoms. The number of amides is 1. The summed E-state index contributed by atoms with van der Waals surface area (Å²) in [6.07, 6.45) is 1.35. The van der Waals surface area contributed by atoms with E-state index >= 15 is 0 Å². The second-order valence-electron chi connectivity index (χ2n) is 3.34. The van der Waals surface area contributed by atoms with Crippen LogP contribution in [0.2, 0.25) is 5.02 Å². The number of nitrogen functional groups attached to an aromatic ring is 1. The molecular formula is C10H9ClN4OS. The number of carbonyl (C=O) groups excluding carboxylic acids is 1. The van der Waals surface area contributed by atoms with Crippen molar-refractivity contribution in [2.24, 2.45) is 0 Å². The van der Waals surface area contributed by atoms with Gasteiger partial charge in [-0.3, -0.25) is 10.1 Å². The fourth-order valence-electron chi connectivity index (χ4n) is 1.20. The average molecular weight is 269 g/mol. The number of pyridine rings is 1. The molecule has 0 aliphatic heterocycles. The van der Waals surface area contributed by atoms with Crippen LogP contribution in [0.15, 0.2) is 17.6 Å². The number of halogens is 1. The van der Waals surface area contributed by atoms with Gasteiger partial charge in [0.1, 0.15) is 5.82 Å². The van der Waals surface area contributed by atoms with E-state index in [1.165, 1.54) is 23.6 Å². The first-order chi connectivity index (χ1) is 8.06. The fraction of sp³-hybridized carbons (Fsp3) is 0.100. The van der Waals surface area contributed by atoms with Crippen molar-refractivity contribution in [3.63, 3.8) is 0 Å². The summed E-state index contributed by atoms with van der Waals surface area (Å²) in [6.45, 7) is 1.85. The van der Waals surface area contributed by atoms with Crippen molar-refractivity contribution in [1.82, 2.24) is 9.97 Å². The fourth-order valence-corrected chi connectivity index (χ4v) is 2.08. The molecular weight excluding hydrogens is 260 g/mol. The lowest BCUT2D eigenvalue weighted by Crippen LogP contribution is -2.13. The molecule has 0 spiro atoms. The predicted molar refractivity (Wildman–Crippen MR) is 68.5 cm³/mol. The predicted octanol–water partition coefficient (Wildman–Crippen LogP) is 2.33. The van der Waals surface area contributed by atoms with Gasteiger partial charge in [-0.05, 0) is 13.0 Å². The minimum Gasteiger partial charge on any atom is -0.384 e. The van der Waals surface area contributed by atoms with E-state index in [1.54, 1.807) is 0 Å². The molecule has 0 saturated carbocycles. The van der Waals surface area contributed by atoms with Crippen LogP contribution in [0, 0.1) is 6.92 Å². The molecule has 0 fully saturated rings. The molecule has 0 radical (unpaired) electrons. The Labute approximate surface area is 107 Å². The van der Waals surface area contributed by atoms with Gasteiger partial charge in [0, 0.05) is 11.6 Å². The lowest BCUT2D eigenvalue weighted by Gasteiger charge is -2.04. The number of rotatable bonds is 2. The van der Waals surface area contributed by atoms with Crippen LogP contribution in [0.3, 0.4) is 0 Å². The number of nitrogens with one attached hydrogen (secondary N) is 1. The molecule has 0 unspecified atom stereocenters. The lowest BCUT2D eigenvalue weighted by atomic mass is 10.2. The Hall–Kier alpha value is -1.66. The van der Waals surface area contributed by atoms with Crippen molar-refractivity contribution >= 4 is 39.8 Å². The highest BCUT2D eigenvalue weighted by Crippen LogP contribution is 2.20. The molecule has 17 heavy (non-hydrogen) atoms. The molecule has 5 nitrogen and oxygen atoms in total. The Morgan fingerprint density at radius 1 is 1.59 bits per heavy atom. The van der Waals surface area contributed by atoms with Crippen LogP contribution in [0.5, 0.6) is 0 Å². The summed E-state index contributed by atoms with van der Waals surface area (Å²) in [5.41, 5.74) is 6.64. The highest BCUT2D eigenvalue weighted by molar-refractivity contribution is 7.13. The van der Waals surface area contributed by atoms with Gasteiger partial charge in [0.25, 0.3) is 5.91 Å². The van der Waals surface area contributed by atoms with E-state index in [2.05, 4.69) is 15.3 Å². The molecule has 2 aromatic rings. The summed E-state index contributed by atoms with van der Waals surface area (Å²) < 4.78 is 0. The third-order valence-corrected chi connectivity index (χ3v) is 3.14. The van der Waals surface area contributed by atoms with Crippen molar-refractivity contribution in [3.05, 3.63) is 33.9 Å². The highest BCUT2D eigenvalue weighted by Gasteiger charge is 2.13. The number of nitrogens with two attached hydrogens (primary N) is 1. The van der Waals surface area contributed by atoms with E-state index in [9.17, 15) is 4.79 Å². The van der Waals surface area contributed by atoms with Gasteiger partial charge in [-0.15, -0.1) is 11.3 Å². The Kier molecular flexibility index (Phi) is 3.26. The highest BCUT2D eigenvalue weighted by atomic mass is 35.5. The molecule has 3 N–H and O–H groups in total. The number of carbonyl (C=O) groups is 1. The molecule has 2 aromatic heterocycles. The van der Waals surface area contributed by atoms with E-state index in [4.69, 9.17) is 17.3 Å². The van der Waals surface area contributed by atoms with Crippen LogP contribution in [0.4, 0.5) is 10.9 Å². The average Bonchev–Trinajstić information content (AvgIpc) is 2.67. The first kappa shape index (κ1) is 11.8. The van der Waals surface area contributed by atoms with Gasteiger partial charge in [0.15, 0.2) is 5.13 Å². The summed E-state index contributed by atoms with van der Waals surface area (Å²) >= 11 is 7.22. The number of aryl methyl sites for hydroxylation is 1. The molecule has 2 heterocycles. The van der Waals surface area contributed by atoms with Crippen LogP contribution in [0.25, 0.3) is 0 Å². The quantitative estimate of drug-likeness (QED) is 0.876. The molecule has 0 saturated heterocycles. The SMILES string of the molecule is Cc1csc(NC(=O)c2cc(N)ncc2Cl)n1. The minimum atomic E-state index is -0.349. The summed E-state index contributed by atoms with van der Waals surface area (Å²) in [5, 5.41) is 5.27. The van der Waals surface area contributed by atoms with E-state index < -0.39 is 0 Å². The van der Waals surface area contributed by atoms with E-state index in [1.807, 2.05) is 12.3 Å². The largest absolute Gasteiger partial charge is 0.384 e. The number of aromatic nitrogens is 2. The topological polar surface area (TPSA) is 80.9 Å². The standard InChI is InChI=1S/C10H9ClN4OS/c1-5-4-17-10(14-5)15-9(16)6-2-8(12)13-3-7(6)11/h2-4H,1H3,(H2,12,13)(H,14,15,16). The Balaban J connectivity index is 2.22. The smallest absolute Gasteiger partial charge is 0.259 e. The number of anilines is 2. The van der Waals surface area contributed by atoms with Gasteiger partial charge in [-0.2, -0.15) is 0 Å². The molecule has 0 aliphatic rings. The van der Waals surface area contributed by atoms with Crippen LogP contribution in [0.1, 0.15) is 16.1 Å². The van der Waals surface area contributed by atoms with E-state index in [0.717, 1.165) is 5.69 Å². The summed E-state index contributed by atoms with van der Waals surface area (Å²) in [7, 11) is 0. The van der Waals surface area contributed by atoms with Crippen molar-refractivity contribution in [2.45, 2.75) is 6.92 Å². The maximum Gasteiger partial charge on any atom is 0.259 e. The number of thiazole rings is 1. The van der Waals surface area contributed by atoms with Gasteiger partial charge >= 0.3 is 0 Å². The summed E-state index contributed by atoms with van der Waals surface area (Å²) in [6, 6.07) is 1.43. The summed E-state index contributed by atoms with van der Waals surface area (Å²) in [5.74, 6) is -0.103. The maximum atomic E-state index is 11.9. The van der Waals surface area contributed by atoms with Crippen molar-refractivity contribution in [2.75, 3.05) is 11.1 Å². The second kappa shape index (κ2) is 4.68. The van der Waals surface area contributed by atoms with Crippen LogP contribution in [-0.2, 0) is 0 Å². The summed E-state index contributed by atoms with van der Waals surface area (Å²) in [4.78, 5) is 19.8. The van der Waals surface area contributed by atoms with Crippen LogP contribution < -0.4 is 11.1 Å². The molecule has 88 valence electrons. The van der Waals surface area contributed by atoms with E-state index in [0.29, 0.717) is 5.13 Å². The Morgan fingerprint density at radius 3 is 3.00 bits per heavy atom. The third-order valence-electron chi connectivity index (χ3n) is 1.96. The number of hydrogen-bond acceptors (Lipinski definition) is 5. The number of nitrogens with zero attached hydrogens (tertiary/aromatic N) is 2. The second-order valence-corrected chi connectivity index (χ2v) is 4.60. The first-order valence-corrected chi connectivity index (χ1v) is 5.96. The molecule has 0 aromatic carbocycles. The lowest BCUT2D eigenvalue weighted by molar-refractivity contribution is 0.102. The Morgan fingerprint density at radius 2 is 2.35 bits per heavy atom. The zero-order valence-electron chi connectivity index (χ0n) is 8.90.